The van der Waals surface area contributed by atoms with Gasteiger partial charge in [0.25, 0.3) is 0 Å². The average molecular weight is 753 g/mol. The second-order valence-corrected chi connectivity index (χ2v) is 16.1. The third-order valence-corrected chi connectivity index (χ3v) is 12.9. The van der Waals surface area contributed by atoms with Gasteiger partial charge in [0.2, 0.25) is 0 Å². The Morgan fingerprint density at radius 1 is 0.421 bits per heavy atom. The van der Waals surface area contributed by atoms with Crippen LogP contribution in [-0.2, 0) is 0 Å². The zero-order valence-electron chi connectivity index (χ0n) is 30.8. The first-order valence-electron chi connectivity index (χ1n) is 19.5. The van der Waals surface area contributed by atoms with E-state index < -0.39 is 0 Å². The standard InChI is InChI=1S/C51H36N4OS/c1-3-12-31(13-4-1)49-52-50(32-14-5-2-6-15-32)54-51(53-49)34-23-27-47-42(28-34)41-19-11-18-36(48(41)57-47)33-22-25-39-40-26-24-35(30-46(40)56-45(39)29-33)55-43-20-9-7-16-37(43)38-17-8-10-21-44(38)55/h1-30,49-54H. The van der Waals surface area contributed by atoms with Gasteiger partial charge < -0.3 is 8.98 Å². The maximum absolute atomic E-state index is 6.68. The molecule has 0 amide bonds. The Bertz CT molecular complexity index is 3210. The topological polar surface area (TPSA) is 54.2 Å². The quantitative estimate of drug-likeness (QED) is 0.164. The first-order chi connectivity index (χ1) is 28.2. The molecule has 3 aromatic heterocycles. The van der Waals surface area contributed by atoms with Gasteiger partial charge in [-0.3, -0.25) is 16.0 Å². The van der Waals surface area contributed by atoms with E-state index in [9.17, 15) is 0 Å². The van der Waals surface area contributed by atoms with Gasteiger partial charge in [0.05, 0.1) is 29.5 Å². The molecular formula is C51H36N4OS. The van der Waals surface area contributed by atoms with E-state index in [1.54, 1.807) is 0 Å². The Kier molecular flexibility index (Phi) is 7.46. The maximum Gasteiger partial charge on any atom is 0.137 e. The van der Waals surface area contributed by atoms with Crippen molar-refractivity contribution in [2.24, 2.45) is 0 Å². The van der Waals surface area contributed by atoms with Crippen LogP contribution >= 0.6 is 11.3 Å². The van der Waals surface area contributed by atoms with E-state index in [1.165, 1.54) is 64.2 Å². The van der Waals surface area contributed by atoms with Crippen LogP contribution in [0.15, 0.2) is 186 Å². The molecule has 2 atom stereocenters. The number of hydrogen-bond donors (Lipinski definition) is 3. The van der Waals surface area contributed by atoms with Crippen LogP contribution in [0.25, 0.3) is 80.7 Å². The SMILES string of the molecule is c1ccc(C2NC(c3ccccc3)NC(c3ccc4sc5c(-c6ccc7c(c6)oc6cc(-n8c9ccccc9c9ccccc98)ccc67)cccc5c4c3)N2)cc1. The lowest BCUT2D eigenvalue weighted by atomic mass is 10.00. The van der Waals surface area contributed by atoms with E-state index in [0.717, 1.165) is 33.2 Å². The lowest BCUT2D eigenvalue weighted by Gasteiger charge is -2.39. The summed E-state index contributed by atoms with van der Waals surface area (Å²) in [6.45, 7) is 0. The lowest BCUT2D eigenvalue weighted by molar-refractivity contribution is 0.203. The van der Waals surface area contributed by atoms with Crippen molar-refractivity contribution in [3.05, 3.63) is 199 Å². The van der Waals surface area contributed by atoms with E-state index in [2.05, 4.69) is 203 Å². The maximum atomic E-state index is 6.68. The number of rotatable bonds is 5. The molecule has 8 aromatic carbocycles. The molecule has 0 radical (unpaired) electrons. The molecule has 0 aliphatic carbocycles. The van der Waals surface area contributed by atoms with E-state index in [4.69, 9.17) is 4.42 Å². The molecule has 1 saturated heterocycles. The van der Waals surface area contributed by atoms with Gasteiger partial charge in [0.1, 0.15) is 11.2 Å². The van der Waals surface area contributed by atoms with Gasteiger partial charge in [-0.25, -0.2) is 0 Å². The van der Waals surface area contributed by atoms with Crippen LogP contribution in [0.1, 0.15) is 35.2 Å². The second kappa shape index (κ2) is 13.0. The molecule has 4 heterocycles. The zero-order chi connectivity index (χ0) is 37.5. The van der Waals surface area contributed by atoms with Gasteiger partial charge in [0.15, 0.2) is 0 Å². The van der Waals surface area contributed by atoms with Crippen LogP contribution in [0.2, 0.25) is 0 Å². The lowest BCUT2D eigenvalue weighted by Crippen LogP contribution is -2.54. The predicted octanol–water partition coefficient (Wildman–Crippen LogP) is 12.9. The van der Waals surface area contributed by atoms with Crippen molar-refractivity contribution >= 4 is 75.3 Å². The first kappa shape index (κ1) is 32.7. The monoisotopic (exact) mass is 752 g/mol. The summed E-state index contributed by atoms with van der Waals surface area (Å²) in [4.78, 5) is 0. The van der Waals surface area contributed by atoms with Crippen molar-refractivity contribution in [2.45, 2.75) is 18.5 Å². The fourth-order valence-corrected chi connectivity index (χ4v) is 10.2. The van der Waals surface area contributed by atoms with Gasteiger partial charge in [0, 0.05) is 53.5 Å². The van der Waals surface area contributed by atoms with Crippen LogP contribution in [0.3, 0.4) is 0 Å². The summed E-state index contributed by atoms with van der Waals surface area (Å²) in [6.07, 6.45) is -0.0923. The number of thiophene rings is 1. The van der Waals surface area contributed by atoms with E-state index in [1.807, 2.05) is 11.3 Å². The van der Waals surface area contributed by atoms with Crippen LogP contribution in [0, 0.1) is 0 Å². The Hall–Kier alpha value is -6.54. The van der Waals surface area contributed by atoms with Gasteiger partial charge in [-0.15, -0.1) is 11.3 Å². The summed E-state index contributed by atoms with van der Waals surface area (Å²) in [6, 6.07) is 65.4. The average Bonchev–Trinajstić information content (AvgIpc) is 3.95. The number of fused-ring (bicyclic) bond motifs is 9. The molecule has 12 rings (SSSR count). The molecule has 272 valence electrons. The van der Waals surface area contributed by atoms with Crippen molar-refractivity contribution in [2.75, 3.05) is 0 Å². The number of nitrogens with one attached hydrogen (secondary N) is 3. The fourth-order valence-electron chi connectivity index (χ4n) is 9.01. The molecule has 1 aliphatic heterocycles. The highest BCUT2D eigenvalue weighted by atomic mass is 32.1. The Morgan fingerprint density at radius 2 is 1.00 bits per heavy atom. The van der Waals surface area contributed by atoms with Crippen LogP contribution < -0.4 is 16.0 Å². The number of benzene rings is 8. The number of nitrogens with zero attached hydrogens (tertiary/aromatic N) is 1. The molecular weight excluding hydrogens is 717 g/mol. The van der Waals surface area contributed by atoms with E-state index >= 15 is 0 Å². The minimum atomic E-state index is -0.0600. The molecule has 6 heteroatoms. The third kappa shape index (κ3) is 5.34. The molecule has 1 aliphatic rings. The zero-order valence-corrected chi connectivity index (χ0v) is 31.6. The molecule has 57 heavy (non-hydrogen) atoms. The van der Waals surface area contributed by atoms with Crippen LogP contribution in [0.4, 0.5) is 0 Å². The molecule has 3 N–H and O–H groups in total. The predicted molar refractivity (Wildman–Crippen MR) is 237 cm³/mol. The normalized spacial score (nSPS) is 17.4. The van der Waals surface area contributed by atoms with Gasteiger partial charge in [-0.05, 0) is 76.3 Å². The summed E-state index contributed by atoms with van der Waals surface area (Å²) in [7, 11) is 0. The summed E-state index contributed by atoms with van der Waals surface area (Å²) in [5.41, 5.74) is 11.3. The molecule has 1 fully saturated rings. The Balaban J connectivity index is 0.919. The highest BCUT2D eigenvalue weighted by molar-refractivity contribution is 7.26. The van der Waals surface area contributed by atoms with Crippen molar-refractivity contribution < 1.29 is 4.42 Å². The van der Waals surface area contributed by atoms with Gasteiger partial charge in [-0.2, -0.15) is 0 Å². The highest BCUT2D eigenvalue weighted by Gasteiger charge is 2.30. The smallest absolute Gasteiger partial charge is 0.137 e. The van der Waals surface area contributed by atoms with Crippen molar-refractivity contribution in [3.8, 4) is 16.8 Å². The minimum absolute atomic E-state index is 0.0161. The fraction of sp³-hybridized carbons (Fsp3) is 0.0588. The molecule has 11 aromatic rings. The first-order valence-corrected chi connectivity index (χ1v) is 20.3. The van der Waals surface area contributed by atoms with Crippen molar-refractivity contribution in [1.82, 2.24) is 20.5 Å². The number of hydrogen-bond acceptors (Lipinski definition) is 5. The Morgan fingerprint density at radius 3 is 1.68 bits per heavy atom. The van der Waals surface area contributed by atoms with Crippen LogP contribution in [-0.4, -0.2) is 4.57 Å². The third-order valence-electron chi connectivity index (χ3n) is 11.7. The summed E-state index contributed by atoms with van der Waals surface area (Å²) in [5, 5.41) is 18.8. The summed E-state index contributed by atoms with van der Waals surface area (Å²) < 4.78 is 11.6. The van der Waals surface area contributed by atoms with Gasteiger partial charge in [-0.1, -0.05) is 127 Å². The molecule has 2 unspecified atom stereocenters. The number of furan rings is 1. The highest BCUT2D eigenvalue weighted by Crippen LogP contribution is 2.43. The summed E-state index contributed by atoms with van der Waals surface area (Å²) in [5.74, 6) is 0. The largest absolute Gasteiger partial charge is 0.456 e. The van der Waals surface area contributed by atoms with Crippen LogP contribution in [0.5, 0.6) is 0 Å². The van der Waals surface area contributed by atoms with Crippen molar-refractivity contribution in [3.63, 3.8) is 0 Å². The summed E-state index contributed by atoms with van der Waals surface area (Å²) >= 11 is 1.86. The molecule has 0 bridgehead atoms. The molecule has 5 nitrogen and oxygen atoms in total. The van der Waals surface area contributed by atoms with Crippen molar-refractivity contribution in [1.29, 1.82) is 0 Å². The molecule has 0 spiro atoms. The van der Waals surface area contributed by atoms with E-state index in [-0.39, 0.29) is 18.5 Å². The van der Waals surface area contributed by atoms with E-state index in [0.29, 0.717) is 0 Å². The minimum Gasteiger partial charge on any atom is -0.456 e. The number of aromatic nitrogens is 1. The number of para-hydroxylation sites is 2. The van der Waals surface area contributed by atoms with Gasteiger partial charge >= 0.3 is 0 Å². The Labute approximate surface area is 332 Å². The second-order valence-electron chi connectivity index (χ2n) is 15.0. The molecule has 0 saturated carbocycles.